The van der Waals surface area contributed by atoms with E-state index in [0.29, 0.717) is 0 Å². The van der Waals surface area contributed by atoms with Crippen molar-refractivity contribution in [2.75, 3.05) is 5.73 Å². The molecule has 0 spiro atoms. The Hall–Kier alpha value is -1.11. The third-order valence-electron chi connectivity index (χ3n) is 1.33. The third kappa shape index (κ3) is 2.44. The zero-order valence-corrected chi connectivity index (χ0v) is 8.19. The summed E-state index contributed by atoms with van der Waals surface area (Å²) < 4.78 is 39.1. The molecule has 0 fully saturated rings. The average molecular weight is 272 g/mol. The number of benzene rings is 1. The zero-order valence-electron chi connectivity index (χ0n) is 6.60. The SMILES string of the molecule is Nc1ccc(Br)c(OC(F)(F)F)c1O. The normalized spacial score (nSPS) is 11.4. The molecule has 0 heterocycles. The van der Waals surface area contributed by atoms with Gasteiger partial charge >= 0.3 is 6.36 Å². The van der Waals surface area contributed by atoms with Crippen molar-refractivity contribution in [1.82, 2.24) is 0 Å². The fourth-order valence-corrected chi connectivity index (χ4v) is 1.18. The second-order valence-electron chi connectivity index (χ2n) is 2.36. The van der Waals surface area contributed by atoms with Crippen molar-refractivity contribution in [3.63, 3.8) is 0 Å². The first-order chi connectivity index (χ1) is 6.31. The Morgan fingerprint density at radius 1 is 1.36 bits per heavy atom. The number of anilines is 1. The summed E-state index contributed by atoms with van der Waals surface area (Å²) in [5.41, 5.74) is 5.00. The van der Waals surface area contributed by atoms with E-state index >= 15 is 0 Å². The van der Waals surface area contributed by atoms with Gasteiger partial charge in [0.1, 0.15) is 0 Å². The van der Waals surface area contributed by atoms with E-state index in [2.05, 4.69) is 20.7 Å². The van der Waals surface area contributed by atoms with Gasteiger partial charge in [0, 0.05) is 0 Å². The summed E-state index contributed by atoms with van der Waals surface area (Å²) in [5.74, 6) is -1.48. The Kier molecular flexibility index (Phi) is 2.79. The predicted molar refractivity (Wildman–Crippen MR) is 46.9 cm³/mol. The summed E-state index contributed by atoms with van der Waals surface area (Å²) in [6, 6.07) is 2.50. The predicted octanol–water partition coefficient (Wildman–Crippen LogP) is 2.64. The van der Waals surface area contributed by atoms with Crippen LogP contribution < -0.4 is 10.5 Å². The van der Waals surface area contributed by atoms with Gasteiger partial charge < -0.3 is 15.6 Å². The van der Waals surface area contributed by atoms with Crippen LogP contribution in [0.1, 0.15) is 0 Å². The molecule has 3 N–H and O–H groups in total. The van der Waals surface area contributed by atoms with E-state index in [1.165, 1.54) is 12.1 Å². The number of ether oxygens (including phenoxy) is 1. The number of hydrogen-bond donors (Lipinski definition) is 2. The maximum Gasteiger partial charge on any atom is 0.573 e. The summed E-state index contributed by atoms with van der Waals surface area (Å²) in [7, 11) is 0. The van der Waals surface area contributed by atoms with E-state index in [1.54, 1.807) is 0 Å². The minimum absolute atomic E-state index is 0.0264. The number of phenolic OH excluding ortho intramolecular Hbond substituents is 1. The molecule has 0 radical (unpaired) electrons. The number of nitrogen functional groups attached to an aromatic ring is 1. The fourth-order valence-electron chi connectivity index (χ4n) is 0.775. The molecule has 1 aromatic rings. The van der Waals surface area contributed by atoms with Gasteiger partial charge in [0.25, 0.3) is 0 Å². The van der Waals surface area contributed by atoms with Crippen LogP contribution in [0.5, 0.6) is 11.5 Å². The molecule has 0 bridgehead atoms. The maximum absolute atomic E-state index is 11.8. The number of rotatable bonds is 1. The van der Waals surface area contributed by atoms with Crippen molar-refractivity contribution in [2.24, 2.45) is 0 Å². The number of alkyl halides is 3. The van der Waals surface area contributed by atoms with Crippen LogP contribution in [-0.4, -0.2) is 11.5 Å². The molecule has 0 atom stereocenters. The molecule has 1 rings (SSSR count). The second-order valence-corrected chi connectivity index (χ2v) is 3.22. The van der Waals surface area contributed by atoms with Crippen LogP contribution in [0.3, 0.4) is 0 Å². The summed E-state index contributed by atoms with van der Waals surface area (Å²) in [4.78, 5) is 0. The van der Waals surface area contributed by atoms with Crippen molar-refractivity contribution in [2.45, 2.75) is 6.36 Å². The Bertz CT molecular complexity index is 354. The maximum atomic E-state index is 11.8. The smallest absolute Gasteiger partial charge is 0.503 e. The Morgan fingerprint density at radius 3 is 2.43 bits per heavy atom. The topological polar surface area (TPSA) is 55.5 Å². The molecule has 0 aromatic heterocycles. The largest absolute Gasteiger partial charge is 0.573 e. The van der Waals surface area contributed by atoms with Gasteiger partial charge in [-0.15, -0.1) is 13.2 Å². The Balaban J connectivity index is 3.13. The van der Waals surface area contributed by atoms with E-state index in [1.807, 2.05) is 0 Å². The molecule has 0 saturated heterocycles. The molecule has 1 aromatic carbocycles. The summed E-state index contributed by atoms with van der Waals surface area (Å²) in [5, 5.41) is 9.16. The van der Waals surface area contributed by atoms with Crippen LogP contribution in [0.4, 0.5) is 18.9 Å². The van der Waals surface area contributed by atoms with Crippen molar-refractivity contribution in [1.29, 1.82) is 0 Å². The van der Waals surface area contributed by atoms with E-state index in [-0.39, 0.29) is 10.2 Å². The zero-order chi connectivity index (χ0) is 10.9. The standard InChI is InChI=1S/C7H5BrF3NO2/c8-3-1-2-4(12)5(13)6(3)14-7(9,10)11/h1-2,13H,12H2. The van der Waals surface area contributed by atoms with Gasteiger partial charge in [-0.2, -0.15) is 0 Å². The molecule has 7 heteroatoms. The van der Waals surface area contributed by atoms with Crippen molar-refractivity contribution in [3.8, 4) is 11.5 Å². The van der Waals surface area contributed by atoms with Gasteiger partial charge in [-0.25, -0.2) is 0 Å². The fraction of sp³-hybridized carbons (Fsp3) is 0.143. The molecule has 0 aliphatic rings. The van der Waals surface area contributed by atoms with Crippen LogP contribution in [0.2, 0.25) is 0 Å². The first-order valence-corrected chi connectivity index (χ1v) is 4.13. The van der Waals surface area contributed by atoms with Gasteiger partial charge in [0.15, 0.2) is 11.5 Å². The lowest BCUT2D eigenvalue weighted by Crippen LogP contribution is -2.17. The lowest BCUT2D eigenvalue weighted by molar-refractivity contribution is -0.275. The third-order valence-corrected chi connectivity index (χ3v) is 1.96. The van der Waals surface area contributed by atoms with Crippen molar-refractivity contribution < 1.29 is 23.0 Å². The van der Waals surface area contributed by atoms with Crippen LogP contribution >= 0.6 is 15.9 Å². The van der Waals surface area contributed by atoms with Gasteiger partial charge in [-0.3, -0.25) is 0 Å². The van der Waals surface area contributed by atoms with E-state index in [4.69, 9.17) is 10.8 Å². The van der Waals surface area contributed by atoms with Crippen LogP contribution in [0, 0.1) is 0 Å². The summed E-state index contributed by atoms with van der Waals surface area (Å²) in [6.45, 7) is 0. The molecule has 3 nitrogen and oxygen atoms in total. The highest BCUT2D eigenvalue weighted by atomic mass is 79.9. The molecule has 0 aliphatic heterocycles. The molecule has 0 aliphatic carbocycles. The number of phenols is 1. The number of halogens is 4. The van der Waals surface area contributed by atoms with Crippen molar-refractivity contribution >= 4 is 21.6 Å². The van der Waals surface area contributed by atoms with Gasteiger partial charge in [-0.05, 0) is 28.1 Å². The Morgan fingerprint density at radius 2 is 1.93 bits per heavy atom. The second kappa shape index (κ2) is 3.56. The number of aromatic hydroxyl groups is 1. The van der Waals surface area contributed by atoms with Gasteiger partial charge in [0.05, 0.1) is 10.2 Å². The van der Waals surface area contributed by atoms with Gasteiger partial charge in [0.2, 0.25) is 0 Å². The van der Waals surface area contributed by atoms with E-state index in [9.17, 15) is 13.2 Å². The van der Waals surface area contributed by atoms with Crippen LogP contribution in [0.25, 0.3) is 0 Å². The summed E-state index contributed by atoms with van der Waals surface area (Å²) >= 11 is 2.79. The minimum atomic E-state index is -4.87. The molecule has 0 saturated carbocycles. The lowest BCUT2D eigenvalue weighted by Gasteiger charge is -2.12. The molecular formula is C7H5BrF3NO2. The monoisotopic (exact) mass is 271 g/mol. The quantitative estimate of drug-likeness (QED) is 0.610. The highest BCUT2D eigenvalue weighted by Gasteiger charge is 2.33. The highest BCUT2D eigenvalue weighted by Crippen LogP contribution is 2.41. The Labute approximate surface area is 85.4 Å². The molecule has 0 unspecified atom stereocenters. The first kappa shape index (κ1) is 11.0. The molecule has 14 heavy (non-hydrogen) atoms. The van der Waals surface area contributed by atoms with Gasteiger partial charge in [-0.1, -0.05) is 0 Å². The van der Waals surface area contributed by atoms with Crippen molar-refractivity contribution in [3.05, 3.63) is 16.6 Å². The molecular weight excluding hydrogens is 267 g/mol. The number of hydrogen-bond acceptors (Lipinski definition) is 3. The van der Waals surface area contributed by atoms with E-state index < -0.39 is 17.9 Å². The highest BCUT2D eigenvalue weighted by molar-refractivity contribution is 9.10. The molecule has 78 valence electrons. The molecule has 0 amide bonds. The van der Waals surface area contributed by atoms with Crippen LogP contribution in [0.15, 0.2) is 16.6 Å². The first-order valence-electron chi connectivity index (χ1n) is 3.34. The van der Waals surface area contributed by atoms with E-state index in [0.717, 1.165) is 0 Å². The minimum Gasteiger partial charge on any atom is -0.503 e. The average Bonchev–Trinajstić information content (AvgIpc) is 2.04. The lowest BCUT2D eigenvalue weighted by atomic mass is 10.3. The van der Waals surface area contributed by atoms with Crippen LogP contribution in [-0.2, 0) is 0 Å². The number of nitrogens with two attached hydrogens (primary N) is 1. The summed E-state index contributed by atoms with van der Waals surface area (Å²) in [6.07, 6.45) is -4.87.